The van der Waals surface area contributed by atoms with E-state index in [2.05, 4.69) is 4.90 Å². The quantitative estimate of drug-likeness (QED) is 0.697. The van der Waals surface area contributed by atoms with E-state index in [1.165, 1.54) is 20.2 Å². The minimum absolute atomic E-state index is 0.119. The second kappa shape index (κ2) is 8.73. The van der Waals surface area contributed by atoms with Gasteiger partial charge in [-0.2, -0.15) is 0 Å². The smallest absolute Gasteiger partial charge is 0.256 e. The van der Waals surface area contributed by atoms with E-state index in [-0.39, 0.29) is 10.8 Å². The number of hydrogen-bond donors (Lipinski definition) is 0. The van der Waals surface area contributed by atoms with Crippen LogP contribution in [0.15, 0.2) is 47.4 Å². The van der Waals surface area contributed by atoms with Crippen molar-refractivity contribution in [3.05, 3.63) is 58.6 Å². The molecule has 1 aliphatic heterocycles. The van der Waals surface area contributed by atoms with Crippen molar-refractivity contribution in [1.29, 1.82) is 0 Å². The summed E-state index contributed by atoms with van der Waals surface area (Å²) in [5.41, 5.74) is 2.14. The second-order valence-electron chi connectivity index (χ2n) is 7.45. The van der Waals surface area contributed by atoms with Gasteiger partial charge in [-0.1, -0.05) is 23.7 Å². The van der Waals surface area contributed by atoms with Crippen molar-refractivity contribution in [2.24, 2.45) is 0 Å². The Labute approximate surface area is 177 Å². The van der Waals surface area contributed by atoms with E-state index in [4.69, 9.17) is 11.6 Å². The van der Waals surface area contributed by atoms with Crippen LogP contribution >= 0.6 is 11.6 Å². The fourth-order valence-corrected chi connectivity index (χ4v) is 4.49. The molecule has 1 heterocycles. The average molecular weight is 436 g/mol. The van der Waals surface area contributed by atoms with Gasteiger partial charge in [0.05, 0.1) is 10.5 Å². The minimum Gasteiger partial charge on any atom is -0.371 e. The highest BCUT2D eigenvalue weighted by Crippen LogP contribution is 2.29. The fraction of sp³-hybridized carbons (Fsp3) is 0.381. The molecule has 0 spiro atoms. The van der Waals surface area contributed by atoms with Crippen LogP contribution in [0.5, 0.6) is 0 Å². The number of carbonyl (C=O) groups excluding carboxylic acids is 1. The van der Waals surface area contributed by atoms with Gasteiger partial charge in [-0.3, -0.25) is 4.79 Å². The molecule has 1 aliphatic rings. The largest absolute Gasteiger partial charge is 0.371 e. The number of hydrogen-bond acceptors (Lipinski definition) is 4. The van der Waals surface area contributed by atoms with E-state index in [1.54, 1.807) is 36.2 Å². The van der Waals surface area contributed by atoms with Crippen molar-refractivity contribution in [2.45, 2.75) is 24.3 Å². The van der Waals surface area contributed by atoms with Gasteiger partial charge in [-0.15, -0.1) is 0 Å². The third-order valence-corrected chi connectivity index (χ3v) is 7.17. The SMILES string of the molecule is CN(Cc1ccc(Cl)cc1)C(=O)c1cc(S(=O)(=O)N(C)C)ccc1N1CCCC1. The molecule has 0 aliphatic carbocycles. The Morgan fingerprint density at radius 2 is 1.66 bits per heavy atom. The molecule has 0 saturated carbocycles. The molecule has 1 fully saturated rings. The second-order valence-corrected chi connectivity index (χ2v) is 10.0. The third-order valence-electron chi connectivity index (χ3n) is 5.10. The van der Waals surface area contributed by atoms with Gasteiger partial charge >= 0.3 is 0 Å². The van der Waals surface area contributed by atoms with E-state index >= 15 is 0 Å². The van der Waals surface area contributed by atoms with Crippen LogP contribution in [0.3, 0.4) is 0 Å². The van der Waals surface area contributed by atoms with Crippen molar-refractivity contribution in [3.8, 4) is 0 Å². The topological polar surface area (TPSA) is 60.9 Å². The van der Waals surface area contributed by atoms with Crippen molar-refractivity contribution >= 4 is 33.2 Å². The zero-order chi connectivity index (χ0) is 21.2. The standard InChI is InChI=1S/C21H26ClN3O3S/c1-23(2)29(27,28)18-10-11-20(25-12-4-5-13-25)19(14-18)21(26)24(3)15-16-6-8-17(22)9-7-16/h6-11,14H,4-5,12-13,15H2,1-3H3. The highest BCUT2D eigenvalue weighted by atomic mass is 35.5. The van der Waals surface area contributed by atoms with Crippen LogP contribution in [0.2, 0.25) is 5.02 Å². The van der Waals surface area contributed by atoms with Gasteiger partial charge in [0.1, 0.15) is 0 Å². The van der Waals surface area contributed by atoms with Crippen molar-refractivity contribution in [3.63, 3.8) is 0 Å². The molecular weight excluding hydrogens is 410 g/mol. The summed E-state index contributed by atoms with van der Waals surface area (Å²) in [5.74, 6) is -0.211. The van der Waals surface area contributed by atoms with Gasteiger partial charge in [0.25, 0.3) is 5.91 Å². The number of amides is 1. The molecule has 6 nitrogen and oxygen atoms in total. The Hall–Kier alpha value is -2.09. The molecule has 0 bridgehead atoms. The summed E-state index contributed by atoms with van der Waals surface area (Å²) in [6.07, 6.45) is 2.12. The first-order valence-corrected chi connectivity index (χ1v) is 11.3. The number of nitrogens with zero attached hydrogens (tertiary/aromatic N) is 3. The Morgan fingerprint density at radius 3 is 2.24 bits per heavy atom. The summed E-state index contributed by atoms with van der Waals surface area (Å²) in [4.78, 5) is 17.2. The van der Waals surface area contributed by atoms with Crippen LogP contribution < -0.4 is 4.90 Å². The Kier molecular flexibility index (Phi) is 6.51. The van der Waals surface area contributed by atoms with Crippen LogP contribution in [0, 0.1) is 0 Å². The predicted molar refractivity (Wildman–Crippen MR) is 116 cm³/mol. The van der Waals surface area contributed by atoms with Crippen molar-refractivity contribution in [1.82, 2.24) is 9.21 Å². The molecule has 29 heavy (non-hydrogen) atoms. The summed E-state index contributed by atoms with van der Waals surface area (Å²) < 4.78 is 26.4. The molecule has 0 radical (unpaired) electrons. The molecule has 0 atom stereocenters. The van der Waals surface area contributed by atoms with Gasteiger partial charge in [0.15, 0.2) is 0 Å². The summed E-state index contributed by atoms with van der Waals surface area (Å²) in [7, 11) is 1.05. The number of benzene rings is 2. The van der Waals surface area contributed by atoms with Crippen molar-refractivity contribution in [2.75, 3.05) is 39.1 Å². The summed E-state index contributed by atoms with van der Waals surface area (Å²) >= 11 is 5.94. The van der Waals surface area contributed by atoms with Gasteiger partial charge in [0, 0.05) is 51.5 Å². The molecule has 0 unspecified atom stereocenters. The predicted octanol–water partition coefficient (Wildman–Crippen LogP) is 3.46. The summed E-state index contributed by atoms with van der Waals surface area (Å²) in [6.45, 7) is 2.13. The molecule has 1 amide bonds. The number of halogens is 1. The maximum atomic E-state index is 13.3. The van der Waals surface area contributed by atoms with Gasteiger partial charge in [0.2, 0.25) is 10.0 Å². The molecule has 3 rings (SSSR count). The molecule has 0 N–H and O–H groups in total. The fourth-order valence-electron chi connectivity index (χ4n) is 3.43. The summed E-state index contributed by atoms with van der Waals surface area (Å²) in [5, 5.41) is 0.639. The molecule has 8 heteroatoms. The average Bonchev–Trinajstić information content (AvgIpc) is 3.23. The first kappa shape index (κ1) is 21.6. The van der Waals surface area contributed by atoms with Crippen molar-refractivity contribution < 1.29 is 13.2 Å². The van der Waals surface area contributed by atoms with E-state index in [9.17, 15) is 13.2 Å². The minimum atomic E-state index is -3.63. The van der Waals surface area contributed by atoms with E-state index in [1.807, 2.05) is 12.1 Å². The number of carbonyl (C=O) groups is 1. The van der Waals surface area contributed by atoms with Crippen LogP contribution in [-0.4, -0.2) is 57.8 Å². The van der Waals surface area contributed by atoms with E-state index < -0.39 is 10.0 Å². The van der Waals surface area contributed by atoms with Gasteiger partial charge in [-0.05, 0) is 48.7 Å². The summed E-state index contributed by atoms with van der Waals surface area (Å²) in [6, 6.07) is 12.2. The molecule has 2 aromatic rings. The van der Waals surface area contributed by atoms with Crippen LogP contribution in [0.25, 0.3) is 0 Å². The first-order valence-electron chi connectivity index (χ1n) is 9.51. The molecule has 0 aromatic heterocycles. The lowest BCUT2D eigenvalue weighted by molar-refractivity contribution is 0.0785. The maximum Gasteiger partial charge on any atom is 0.256 e. The van der Waals surface area contributed by atoms with Crippen LogP contribution in [0.4, 0.5) is 5.69 Å². The normalized spacial score (nSPS) is 14.4. The number of anilines is 1. The lowest BCUT2D eigenvalue weighted by Crippen LogP contribution is -2.30. The van der Waals surface area contributed by atoms with Gasteiger partial charge in [-0.25, -0.2) is 12.7 Å². The molecular formula is C21H26ClN3O3S. The zero-order valence-corrected chi connectivity index (χ0v) is 18.5. The van der Waals surface area contributed by atoms with Crippen LogP contribution in [-0.2, 0) is 16.6 Å². The van der Waals surface area contributed by atoms with E-state index in [0.29, 0.717) is 17.1 Å². The Bertz CT molecular complexity index is 985. The third kappa shape index (κ3) is 4.74. The number of rotatable bonds is 6. The highest BCUT2D eigenvalue weighted by molar-refractivity contribution is 7.89. The Balaban J connectivity index is 1.97. The lowest BCUT2D eigenvalue weighted by Gasteiger charge is -2.25. The molecule has 156 valence electrons. The first-order chi connectivity index (χ1) is 13.7. The van der Waals surface area contributed by atoms with E-state index in [0.717, 1.165) is 41.5 Å². The van der Waals surface area contributed by atoms with Gasteiger partial charge < -0.3 is 9.80 Å². The lowest BCUT2D eigenvalue weighted by atomic mass is 10.1. The highest BCUT2D eigenvalue weighted by Gasteiger charge is 2.26. The Morgan fingerprint density at radius 1 is 1.03 bits per heavy atom. The zero-order valence-electron chi connectivity index (χ0n) is 16.9. The monoisotopic (exact) mass is 435 g/mol. The molecule has 2 aromatic carbocycles. The maximum absolute atomic E-state index is 13.3. The number of sulfonamides is 1. The molecule has 1 saturated heterocycles. The van der Waals surface area contributed by atoms with Crippen LogP contribution in [0.1, 0.15) is 28.8 Å².